The van der Waals surface area contributed by atoms with Crippen LogP contribution in [-0.4, -0.2) is 22.6 Å². The van der Waals surface area contributed by atoms with E-state index < -0.39 is 0 Å². The molecule has 0 aromatic carbocycles. The Morgan fingerprint density at radius 2 is 2.18 bits per heavy atom. The molecule has 1 aromatic heterocycles. The highest BCUT2D eigenvalue weighted by Crippen LogP contribution is 2.30. The first-order chi connectivity index (χ1) is 8.13. The van der Waals surface area contributed by atoms with Crippen LogP contribution in [0.15, 0.2) is 6.33 Å². The molecule has 3 nitrogen and oxygen atoms in total. The molecular weight excluding hydrogens is 234 g/mol. The molecule has 0 radical (unpaired) electrons. The lowest BCUT2D eigenvalue weighted by Gasteiger charge is -2.38. The van der Waals surface area contributed by atoms with Crippen molar-refractivity contribution in [2.75, 3.05) is 11.4 Å². The van der Waals surface area contributed by atoms with Gasteiger partial charge in [0.2, 0.25) is 0 Å². The summed E-state index contributed by atoms with van der Waals surface area (Å²) in [5.41, 5.74) is 1.08. The molecule has 2 rings (SSSR count). The predicted molar refractivity (Wildman–Crippen MR) is 71.6 cm³/mol. The van der Waals surface area contributed by atoms with Gasteiger partial charge in [-0.3, -0.25) is 0 Å². The van der Waals surface area contributed by atoms with Crippen LogP contribution >= 0.6 is 11.6 Å². The highest BCUT2D eigenvalue weighted by molar-refractivity contribution is 6.30. The second-order valence-electron chi connectivity index (χ2n) is 4.99. The van der Waals surface area contributed by atoms with Crippen LogP contribution < -0.4 is 4.90 Å². The molecule has 1 aromatic rings. The third-order valence-corrected chi connectivity index (χ3v) is 3.96. The molecule has 1 saturated heterocycles. The van der Waals surface area contributed by atoms with Crippen LogP contribution in [0.25, 0.3) is 0 Å². The quantitative estimate of drug-likeness (QED) is 0.758. The minimum atomic E-state index is 0.537. The van der Waals surface area contributed by atoms with Crippen molar-refractivity contribution in [3.63, 3.8) is 0 Å². The first-order valence-electron chi connectivity index (χ1n) is 6.39. The van der Waals surface area contributed by atoms with E-state index in [0.717, 1.165) is 30.3 Å². The molecule has 0 spiro atoms. The molecular formula is C13H20ClN3. The van der Waals surface area contributed by atoms with Gasteiger partial charge in [-0.1, -0.05) is 25.4 Å². The number of halogens is 1. The maximum atomic E-state index is 6.15. The van der Waals surface area contributed by atoms with Gasteiger partial charge in [-0.15, -0.1) is 0 Å². The van der Waals surface area contributed by atoms with Crippen molar-refractivity contribution in [3.05, 3.63) is 17.0 Å². The van der Waals surface area contributed by atoms with Crippen LogP contribution in [0.3, 0.4) is 0 Å². The molecule has 0 N–H and O–H groups in total. The van der Waals surface area contributed by atoms with Gasteiger partial charge in [-0.25, -0.2) is 9.97 Å². The van der Waals surface area contributed by atoms with Crippen molar-refractivity contribution < 1.29 is 0 Å². The highest BCUT2D eigenvalue weighted by Gasteiger charge is 2.26. The lowest BCUT2D eigenvalue weighted by Crippen LogP contribution is -2.41. The summed E-state index contributed by atoms with van der Waals surface area (Å²) >= 11 is 6.15. The summed E-state index contributed by atoms with van der Waals surface area (Å²) in [6.07, 6.45) is 4.91. The van der Waals surface area contributed by atoms with E-state index in [-0.39, 0.29) is 0 Å². The van der Waals surface area contributed by atoms with Gasteiger partial charge in [-0.2, -0.15) is 0 Å². The zero-order valence-electron chi connectivity index (χ0n) is 10.8. The predicted octanol–water partition coefficient (Wildman–Crippen LogP) is 3.32. The average Bonchev–Trinajstić information content (AvgIpc) is 2.29. The van der Waals surface area contributed by atoms with Gasteiger partial charge >= 0.3 is 0 Å². The fourth-order valence-electron chi connectivity index (χ4n) is 2.66. The van der Waals surface area contributed by atoms with E-state index in [4.69, 9.17) is 11.6 Å². The maximum absolute atomic E-state index is 6.15. The fraction of sp³-hybridized carbons (Fsp3) is 0.692. The van der Waals surface area contributed by atoms with Crippen LogP contribution in [0.5, 0.6) is 0 Å². The summed E-state index contributed by atoms with van der Waals surface area (Å²) in [4.78, 5) is 10.9. The zero-order valence-corrected chi connectivity index (χ0v) is 11.5. The highest BCUT2D eigenvalue weighted by atomic mass is 35.5. The van der Waals surface area contributed by atoms with Gasteiger partial charge in [0.25, 0.3) is 0 Å². The summed E-state index contributed by atoms with van der Waals surface area (Å²) in [7, 11) is 0. The van der Waals surface area contributed by atoms with Crippen molar-refractivity contribution in [1.82, 2.24) is 9.97 Å². The Kier molecular flexibility index (Phi) is 3.87. The van der Waals surface area contributed by atoms with Gasteiger partial charge in [0, 0.05) is 18.2 Å². The van der Waals surface area contributed by atoms with Gasteiger partial charge in [0.15, 0.2) is 0 Å². The fourth-order valence-corrected chi connectivity index (χ4v) is 2.92. The molecule has 17 heavy (non-hydrogen) atoms. The summed E-state index contributed by atoms with van der Waals surface area (Å²) in [5, 5.41) is 0.600. The second kappa shape index (κ2) is 5.21. The molecule has 0 amide bonds. The standard InChI is InChI=1S/C13H20ClN3/c1-4-11-12(14)15-8-16-13(11)17-6-5-9(2)7-10(17)3/h8-10H,4-7H2,1-3H3. The van der Waals surface area contributed by atoms with E-state index in [0.29, 0.717) is 11.2 Å². The van der Waals surface area contributed by atoms with Crippen molar-refractivity contribution in [1.29, 1.82) is 0 Å². The molecule has 2 unspecified atom stereocenters. The Bertz CT molecular complexity index is 394. The topological polar surface area (TPSA) is 29.0 Å². The number of piperidine rings is 1. The van der Waals surface area contributed by atoms with Crippen LogP contribution in [0.2, 0.25) is 5.15 Å². The maximum Gasteiger partial charge on any atom is 0.137 e. The lowest BCUT2D eigenvalue weighted by molar-refractivity contribution is 0.375. The number of hydrogen-bond acceptors (Lipinski definition) is 3. The Morgan fingerprint density at radius 1 is 1.41 bits per heavy atom. The Labute approximate surface area is 108 Å². The van der Waals surface area contributed by atoms with Crippen molar-refractivity contribution in [3.8, 4) is 0 Å². The van der Waals surface area contributed by atoms with Gasteiger partial charge in [0.05, 0.1) is 0 Å². The molecule has 0 aliphatic carbocycles. The number of anilines is 1. The minimum absolute atomic E-state index is 0.537. The zero-order chi connectivity index (χ0) is 12.4. The van der Waals surface area contributed by atoms with Crippen LogP contribution in [-0.2, 0) is 6.42 Å². The second-order valence-corrected chi connectivity index (χ2v) is 5.35. The number of nitrogens with zero attached hydrogens (tertiary/aromatic N) is 3. The van der Waals surface area contributed by atoms with Crippen molar-refractivity contribution in [2.24, 2.45) is 5.92 Å². The lowest BCUT2D eigenvalue weighted by atomic mass is 9.93. The molecule has 0 bridgehead atoms. The number of aromatic nitrogens is 2. The van der Waals surface area contributed by atoms with E-state index in [9.17, 15) is 0 Å². The van der Waals surface area contributed by atoms with E-state index in [1.54, 1.807) is 6.33 Å². The third kappa shape index (κ3) is 2.54. The van der Waals surface area contributed by atoms with E-state index in [1.165, 1.54) is 12.8 Å². The number of hydrogen-bond donors (Lipinski definition) is 0. The summed E-state index contributed by atoms with van der Waals surface area (Å²) in [6.45, 7) is 7.76. The SMILES string of the molecule is CCc1c(Cl)ncnc1N1CCC(C)CC1C. The van der Waals surface area contributed by atoms with Gasteiger partial charge in [0.1, 0.15) is 17.3 Å². The monoisotopic (exact) mass is 253 g/mol. The summed E-state index contributed by atoms with van der Waals surface area (Å²) in [5.74, 6) is 1.84. The minimum Gasteiger partial charge on any atom is -0.354 e. The van der Waals surface area contributed by atoms with E-state index in [1.807, 2.05) is 0 Å². The average molecular weight is 254 g/mol. The van der Waals surface area contributed by atoms with Crippen molar-refractivity contribution >= 4 is 17.4 Å². The van der Waals surface area contributed by atoms with Crippen LogP contribution in [0.4, 0.5) is 5.82 Å². The van der Waals surface area contributed by atoms with Crippen LogP contribution in [0, 0.1) is 5.92 Å². The first kappa shape index (κ1) is 12.6. The van der Waals surface area contributed by atoms with E-state index in [2.05, 4.69) is 35.6 Å². The molecule has 1 aliphatic heterocycles. The van der Waals surface area contributed by atoms with Crippen molar-refractivity contribution in [2.45, 2.75) is 46.1 Å². The Balaban J connectivity index is 2.30. The molecule has 2 atom stereocenters. The molecule has 4 heteroatoms. The molecule has 0 saturated carbocycles. The number of rotatable bonds is 2. The normalized spacial score (nSPS) is 25.1. The molecule has 94 valence electrons. The summed E-state index contributed by atoms with van der Waals surface area (Å²) in [6, 6.07) is 0.537. The van der Waals surface area contributed by atoms with Gasteiger partial charge in [-0.05, 0) is 32.1 Å². The van der Waals surface area contributed by atoms with E-state index >= 15 is 0 Å². The molecule has 2 heterocycles. The van der Waals surface area contributed by atoms with Gasteiger partial charge < -0.3 is 4.90 Å². The Morgan fingerprint density at radius 3 is 2.82 bits per heavy atom. The third-order valence-electron chi connectivity index (χ3n) is 3.63. The smallest absolute Gasteiger partial charge is 0.137 e. The Hall–Kier alpha value is -0.830. The molecule has 1 fully saturated rings. The first-order valence-corrected chi connectivity index (χ1v) is 6.77. The summed E-state index contributed by atoms with van der Waals surface area (Å²) < 4.78 is 0. The molecule has 1 aliphatic rings. The largest absolute Gasteiger partial charge is 0.354 e. The van der Waals surface area contributed by atoms with Crippen LogP contribution in [0.1, 0.15) is 39.2 Å².